The fourth-order valence-corrected chi connectivity index (χ4v) is 1.88. The van der Waals surface area contributed by atoms with Crippen LogP contribution in [0, 0.1) is 5.92 Å². The Morgan fingerprint density at radius 1 is 1.56 bits per heavy atom. The number of anilines is 1. The molecule has 18 heavy (non-hydrogen) atoms. The van der Waals surface area contributed by atoms with E-state index in [1.54, 1.807) is 0 Å². The summed E-state index contributed by atoms with van der Waals surface area (Å²) in [7, 11) is 1.24. The van der Waals surface area contributed by atoms with Crippen LogP contribution in [0.1, 0.15) is 16.9 Å². The SMILES string of the molecule is COC(=O)c1nccnc1N1CC(CO)CC1=O. The Kier molecular flexibility index (Phi) is 3.52. The summed E-state index contributed by atoms with van der Waals surface area (Å²) in [6.07, 6.45) is 3.01. The molecule has 1 saturated heterocycles. The lowest BCUT2D eigenvalue weighted by Crippen LogP contribution is -2.28. The topological polar surface area (TPSA) is 92.6 Å². The molecule has 0 aliphatic carbocycles. The molecule has 0 saturated carbocycles. The Labute approximate surface area is 103 Å². The lowest BCUT2D eigenvalue weighted by Gasteiger charge is -2.16. The first-order valence-electron chi connectivity index (χ1n) is 5.48. The Hall–Kier alpha value is -2.02. The molecule has 1 atom stereocenters. The molecule has 2 rings (SSSR count). The lowest BCUT2D eigenvalue weighted by molar-refractivity contribution is -0.117. The fourth-order valence-electron chi connectivity index (χ4n) is 1.88. The van der Waals surface area contributed by atoms with Gasteiger partial charge in [0.25, 0.3) is 0 Å². The summed E-state index contributed by atoms with van der Waals surface area (Å²) in [5.74, 6) is -0.770. The Bertz CT molecular complexity index is 477. The largest absolute Gasteiger partial charge is 0.464 e. The predicted molar refractivity (Wildman–Crippen MR) is 60.9 cm³/mol. The van der Waals surface area contributed by atoms with Crippen molar-refractivity contribution in [2.45, 2.75) is 6.42 Å². The molecule has 7 heteroatoms. The van der Waals surface area contributed by atoms with Crippen molar-refractivity contribution >= 4 is 17.7 Å². The highest BCUT2D eigenvalue weighted by Crippen LogP contribution is 2.25. The molecule has 0 bridgehead atoms. The molecule has 1 aromatic rings. The quantitative estimate of drug-likeness (QED) is 0.735. The van der Waals surface area contributed by atoms with Crippen molar-refractivity contribution in [3.8, 4) is 0 Å². The van der Waals surface area contributed by atoms with Gasteiger partial charge in [0.05, 0.1) is 7.11 Å². The van der Waals surface area contributed by atoms with E-state index in [1.165, 1.54) is 24.4 Å². The number of hydrogen-bond acceptors (Lipinski definition) is 6. The molecular weight excluding hydrogens is 238 g/mol. The monoisotopic (exact) mass is 251 g/mol. The average Bonchev–Trinajstić information content (AvgIpc) is 2.79. The number of esters is 1. The molecule has 1 aromatic heterocycles. The Balaban J connectivity index is 2.34. The standard InChI is InChI=1S/C11H13N3O4/c1-18-11(17)9-10(13-3-2-12-9)14-5-7(6-15)4-8(14)16/h2-3,7,15H,4-6H2,1H3. The van der Waals surface area contributed by atoms with Gasteiger partial charge in [-0.15, -0.1) is 0 Å². The van der Waals surface area contributed by atoms with Crippen LogP contribution >= 0.6 is 0 Å². The van der Waals surface area contributed by atoms with Crippen LogP contribution in [0.4, 0.5) is 5.82 Å². The highest BCUT2D eigenvalue weighted by molar-refractivity contribution is 6.01. The number of aliphatic hydroxyl groups excluding tert-OH is 1. The molecule has 7 nitrogen and oxygen atoms in total. The summed E-state index contributed by atoms with van der Waals surface area (Å²) in [6.45, 7) is 0.258. The van der Waals surface area contributed by atoms with E-state index >= 15 is 0 Å². The van der Waals surface area contributed by atoms with E-state index in [0.29, 0.717) is 6.54 Å². The number of hydrogen-bond donors (Lipinski definition) is 1. The second-order valence-corrected chi connectivity index (χ2v) is 3.98. The van der Waals surface area contributed by atoms with Crippen molar-refractivity contribution in [3.63, 3.8) is 0 Å². The molecule has 1 aliphatic heterocycles. The Morgan fingerprint density at radius 2 is 2.28 bits per heavy atom. The van der Waals surface area contributed by atoms with E-state index in [1.807, 2.05) is 0 Å². The lowest BCUT2D eigenvalue weighted by atomic mass is 10.1. The second kappa shape index (κ2) is 5.09. The Morgan fingerprint density at radius 3 is 2.89 bits per heavy atom. The second-order valence-electron chi connectivity index (χ2n) is 3.98. The smallest absolute Gasteiger partial charge is 0.360 e. The van der Waals surface area contributed by atoms with E-state index in [4.69, 9.17) is 5.11 Å². The van der Waals surface area contributed by atoms with Gasteiger partial charge in [-0.3, -0.25) is 9.69 Å². The fraction of sp³-hybridized carbons (Fsp3) is 0.455. The molecule has 1 aliphatic rings. The summed E-state index contributed by atoms with van der Waals surface area (Å²) in [5, 5.41) is 9.07. The summed E-state index contributed by atoms with van der Waals surface area (Å²) in [5.41, 5.74) is 0.00643. The minimum Gasteiger partial charge on any atom is -0.464 e. The van der Waals surface area contributed by atoms with Gasteiger partial charge in [0.15, 0.2) is 11.5 Å². The number of ether oxygens (including phenoxy) is 1. The van der Waals surface area contributed by atoms with Crippen LogP contribution in [0.3, 0.4) is 0 Å². The highest BCUT2D eigenvalue weighted by Gasteiger charge is 2.33. The summed E-state index contributed by atoms with van der Waals surface area (Å²) in [6, 6.07) is 0. The first-order chi connectivity index (χ1) is 8.67. The van der Waals surface area contributed by atoms with E-state index in [0.717, 1.165) is 0 Å². The molecule has 0 spiro atoms. The van der Waals surface area contributed by atoms with Crippen LogP contribution in [0.15, 0.2) is 12.4 Å². The molecule has 1 unspecified atom stereocenters. The number of nitrogens with zero attached hydrogens (tertiary/aromatic N) is 3. The van der Waals surface area contributed by atoms with Crippen molar-refractivity contribution in [2.24, 2.45) is 5.92 Å². The molecule has 0 radical (unpaired) electrons. The van der Waals surface area contributed by atoms with Crippen LogP contribution in [0.2, 0.25) is 0 Å². The molecule has 1 amide bonds. The first kappa shape index (κ1) is 12.4. The van der Waals surface area contributed by atoms with Gasteiger partial charge in [-0.2, -0.15) is 0 Å². The van der Waals surface area contributed by atoms with Gasteiger partial charge in [-0.05, 0) is 0 Å². The molecule has 2 heterocycles. The number of aliphatic hydroxyl groups is 1. The van der Waals surface area contributed by atoms with Crippen LogP contribution in [0.25, 0.3) is 0 Å². The van der Waals surface area contributed by atoms with Crippen molar-refractivity contribution in [3.05, 3.63) is 18.1 Å². The van der Waals surface area contributed by atoms with Crippen molar-refractivity contribution < 1.29 is 19.4 Å². The van der Waals surface area contributed by atoms with E-state index < -0.39 is 5.97 Å². The average molecular weight is 251 g/mol. The number of rotatable bonds is 3. The van der Waals surface area contributed by atoms with Crippen molar-refractivity contribution in [1.29, 1.82) is 0 Å². The third-order valence-corrected chi connectivity index (χ3v) is 2.78. The third-order valence-electron chi connectivity index (χ3n) is 2.78. The maximum Gasteiger partial charge on any atom is 0.360 e. The van der Waals surface area contributed by atoms with E-state index in [9.17, 15) is 9.59 Å². The van der Waals surface area contributed by atoms with Crippen LogP contribution < -0.4 is 4.90 Å². The summed E-state index contributed by atoms with van der Waals surface area (Å²) >= 11 is 0. The zero-order chi connectivity index (χ0) is 13.1. The molecule has 1 fully saturated rings. The number of aromatic nitrogens is 2. The van der Waals surface area contributed by atoms with Crippen molar-refractivity contribution in [2.75, 3.05) is 25.2 Å². The van der Waals surface area contributed by atoms with Crippen LogP contribution in [0.5, 0.6) is 0 Å². The van der Waals surface area contributed by atoms with Gasteiger partial charge in [-0.25, -0.2) is 14.8 Å². The van der Waals surface area contributed by atoms with Gasteiger partial charge < -0.3 is 9.84 Å². The zero-order valence-corrected chi connectivity index (χ0v) is 9.87. The van der Waals surface area contributed by atoms with E-state index in [-0.39, 0.29) is 36.4 Å². The molecule has 96 valence electrons. The minimum absolute atomic E-state index is 0.00643. The third kappa shape index (κ3) is 2.17. The number of methoxy groups -OCH3 is 1. The normalized spacial score (nSPS) is 19.1. The van der Waals surface area contributed by atoms with Gasteiger partial charge in [-0.1, -0.05) is 0 Å². The summed E-state index contributed by atoms with van der Waals surface area (Å²) in [4.78, 5) is 32.6. The molecule has 0 aromatic carbocycles. The summed E-state index contributed by atoms with van der Waals surface area (Å²) < 4.78 is 4.60. The molecular formula is C11H13N3O4. The van der Waals surface area contributed by atoms with Gasteiger partial charge >= 0.3 is 5.97 Å². The first-order valence-corrected chi connectivity index (χ1v) is 5.48. The zero-order valence-electron chi connectivity index (χ0n) is 9.87. The highest BCUT2D eigenvalue weighted by atomic mass is 16.5. The van der Waals surface area contributed by atoms with E-state index in [2.05, 4.69) is 14.7 Å². The number of carbonyl (C=O) groups is 2. The van der Waals surface area contributed by atoms with Crippen LogP contribution in [-0.2, 0) is 9.53 Å². The van der Waals surface area contributed by atoms with Crippen molar-refractivity contribution in [1.82, 2.24) is 9.97 Å². The van der Waals surface area contributed by atoms with Gasteiger partial charge in [0.1, 0.15) is 0 Å². The predicted octanol–water partition coefficient (Wildman–Crippen LogP) is -0.392. The minimum atomic E-state index is -0.640. The number of carbonyl (C=O) groups excluding carboxylic acids is 2. The maximum atomic E-state index is 11.8. The van der Waals surface area contributed by atoms with Crippen LogP contribution in [-0.4, -0.2) is 47.2 Å². The molecule has 1 N–H and O–H groups in total. The van der Waals surface area contributed by atoms with Gasteiger partial charge in [0, 0.05) is 37.9 Å². The maximum absolute atomic E-state index is 11.8. The van der Waals surface area contributed by atoms with Gasteiger partial charge in [0.2, 0.25) is 5.91 Å². The number of amides is 1.